The summed E-state index contributed by atoms with van der Waals surface area (Å²) in [6, 6.07) is 2.91. The van der Waals surface area contributed by atoms with Gasteiger partial charge in [-0.1, -0.05) is 6.08 Å². The number of likely N-dealkylation sites (tertiary alicyclic amines) is 1. The average Bonchev–Trinajstić information content (AvgIpc) is 3.39. The molecule has 1 unspecified atom stereocenters. The van der Waals surface area contributed by atoms with Gasteiger partial charge in [-0.05, 0) is 45.1 Å². The topological polar surface area (TPSA) is 102 Å². The Bertz CT molecular complexity index is 1220. The van der Waals surface area contributed by atoms with Gasteiger partial charge in [0.15, 0.2) is 5.65 Å². The first-order chi connectivity index (χ1) is 15.8. The number of amides is 1. The van der Waals surface area contributed by atoms with Crippen LogP contribution >= 0.6 is 0 Å². The molecule has 2 N–H and O–H groups in total. The summed E-state index contributed by atoms with van der Waals surface area (Å²) in [5, 5.41) is 5.21. The molecule has 1 amide bonds. The van der Waals surface area contributed by atoms with E-state index in [0.717, 1.165) is 0 Å². The van der Waals surface area contributed by atoms with Crippen molar-refractivity contribution in [2.75, 3.05) is 46.6 Å². The van der Waals surface area contributed by atoms with E-state index in [9.17, 15) is 9.18 Å². The van der Waals surface area contributed by atoms with Gasteiger partial charge in [-0.3, -0.25) is 4.79 Å². The molecule has 9 nitrogen and oxygen atoms in total. The highest BCUT2D eigenvalue weighted by atomic mass is 19.1. The van der Waals surface area contributed by atoms with Crippen molar-refractivity contribution in [1.29, 1.82) is 0 Å². The molecule has 1 aliphatic rings. The molecule has 0 saturated carbocycles. The Labute approximate surface area is 191 Å². The largest absolute Gasteiger partial charge is 0.496 e. The van der Waals surface area contributed by atoms with E-state index in [1.807, 2.05) is 25.1 Å². The molecule has 3 aromatic rings. The molecule has 3 heterocycles. The van der Waals surface area contributed by atoms with Crippen molar-refractivity contribution >= 4 is 22.8 Å². The van der Waals surface area contributed by atoms with Gasteiger partial charge in [-0.2, -0.15) is 5.10 Å². The van der Waals surface area contributed by atoms with E-state index in [0.29, 0.717) is 54.1 Å². The standard InChI is InChI=1S/C23H28FN7O2/c1-14-10-17(24)16(11-18(14)33-4)21-20-22(25)26-13-27-23(20)31(28-21)15-7-9-30(12-15)19(32)6-5-8-29(2)3/h5-6,10-11,13,15H,7-9,12H2,1-4H3,(H2,25,26,27). The second-order valence-corrected chi connectivity index (χ2v) is 8.44. The molecule has 174 valence electrons. The fourth-order valence-corrected chi connectivity index (χ4v) is 4.10. The number of carbonyl (C=O) groups excluding carboxylic acids is 1. The third-order valence-electron chi connectivity index (χ3n) is 5.81. The van der Waals surface area contributed by atoms with Gasteiger partial charge in [0.1, 0.15) is 29.4 Å². The van der Waals surface area contributed by atoms with E-state index < -0.39 is 5.82 Å². The molecule has 1 saturated heterocycles. The van der Waals surface area contributed by atoms with Crippen molar-refractivity contribution in [2.45, 2.75) is 19.4 Å². The molecule has 2 aromatic heterocycles. The third kappa shape index (κ3) is 4.38. The van der Waals surface area contributed by atoms with Crippen molar-refractivity contribution in [3.05, 3.63) is 42.0 Å². The van der Waals surface area contributed by atoms with Crippen LogP contribution in [-0.2, 0) is 4.79 Å². The summed E-state index contributed by atoms with van der Waals surface area (Å²) in [7, 11) is 5.43. The van der Waals surface area contributed by atoms with Gasteiger partial charge in [0.25, 0.3) is 0 Å². The van der Waals surface area contributed by atoms with Crippen LogP contribution in [0.4, 0.5) is 10.2 Å². The molecule has 10 heteroatoms. The number of aromatic nitrogens is 4. The van der Waals surface area contributed by atoms with Gasteiger partial charge in [-0.25, -0.2) is 19.0 Å². The quantitative estimate of drug-likeness (QED) is 0.572. The number of ether oxygens (including phenoxy) is 1. The Morgan fingerprint density at radius 2 is 2.15 bits per heavy atom. The number of nitrogens with zero attached hydrogens (tertiary/aromatic N) is 6. The lowest BCUT2D eigenvalue weighted by Crippen LogP contribution is -2.28. The first kappa shape index (κ1) is 22.7. The van der Waals surface area contributed by atoms with E-state index in [4.69, 9.17) is 15.6 Å². The minimum Gasteiger partial charge on any atom is -0.496 e. The number of carbonyl (C=O) groups is 1. The maximum absolute atomic E-state index is 15.0. The summed E-state index contributed by atoms with van der Waals surface area (Å²) in [4.78, 5) is 24.8. The van der Waals surface area contributed by atoms with Crippen LogP contribution in [0.3, 0.4) is 0 Å². The van der Waals surface area contributed by atoms with Crippen molar-refractivity contribution in [2.24, 2.45) is 0 Å². The highest BCUT2D eigenvalue weighted by Crippen LogP contribution is 2.37. The number of rotatable bonds is 6. The molecular weight excluding hydrogens is 425 g/mol. The Kier molecular flexibility index (Phi) is 6.28. The molecule has 0 spiro atoms. The van der Waals surface area contributed by atoms with Crippen molar-refractivity contribution in [3.63, 3.8) is 0 Å². The van der Waals surface area contributed by atoms with Gasteiger partial charge < -0.3 is 20.3 Å². The zero-order valence-corrected chi connectivity index (χ0v) is 19.2. The van der Waals surface area contributed by atoms with Gasteiger partial charge in [-0.15, -0.1) is 0 Å². The number of fused-ring (bicyclic) bond motifs is 1. The summed E-state index contributed by atoms with van der Waals surface area (Å²) in [6.07, 6.45) is 5.52. The number of halogens is 1. The van der Waals surface area contributed by atoms with E-state index in [2.05, 4.69) is 9.97 Å². The maximum Gasteiger partial charge on any atom is 0.246 e. The average molecular weight is 454 g/mol. The first-order valence-corrected chi connectivity index (χ1v) is 10.7. The zero-order chi connectivity index (χ0) is 23.7. The van der Waals surface area contributed by atoms with E-state index >= 15 is 0 Å². The van der Waals surface area contributed by atoms with Gasteiger partial charge in [0.05, 0.1) is 18.5 Å². The van der Waals surface area contributed by atoms with E-state index in [1.165, 1.54) is 19.5 Å². The predicted molar refractivity (Wildman–Crippen MR) is 124 cm³/mol. The smallest absolute Gasteiger partial charge is 0.246 e. The molecule has 0 radical (unpaired) electrons. The van der Waals surface area contributed by atoms with Gasteiger partial charge >= 0.3 is 0 Å². The number of benzene rings is 1. The number of aryl methyl sites for hydroxylation is 1. The number of likely N-dealkylation sites (N-methyl/N-ethyl adjacent to an activating group) is 1. The molecule has 1 fully saturated rings. The van der Waals surface area contributed by atoms with Crippen LogP contribution in [0.2, 0.25) is 0 Å². The molecule has 1 atom stereocenters. The van der Waals surface area contributed by atoms with Crippen LogP contribution in [0.5, 0.6) is 5.75 Å². The second kappa shape index (κ2) is 9.14. The molecule has 1 aromatic carbocycles. The van der Waals surface area contributed by atoms with Gasteiger partial charge in [0.2, 0.25) is 5.91 Å². The lowest BCUT2D eigenvalue weighted by atomic mass is 10.1. The molecule has 33 heavy (non-hydrogen) atoms. The summed E-state index contributed by atoms with van der Waals surface area (Å²) >= 11 is 0. The van der Waals surface area contributed by atoms with E-state index in [-0.39, 0.29) is 23.3 Å². The Morgan fingerprint density at radius 3 is 2.88 bits per heavy atom. The fourth-order valence-electron chi connectivity index (χ4n) is 4.10. The lowest BCUT2D eigenvalue weighted by Gasteiger charge is -2.15. The summed E-state index contributed by atoms with van der Waals surface area (Å²) < 4.78 is 22.1. The molecule has 4 rings (SSSR count). The zero-order valence-electron chi connectivity index (χ0n) is 19.2. The number of hydrogen-bond donors (Lipinski definition) is 1. The van der Waals surface area contributed by atoms with Gasteiger partial charge in [0, 0.05) is 31.3 Å². The Balaban J connectivity index is 1.71. The van der Waals surface area contributed by atoms with E-state index in [1.54, 1.807) is 28.6 Å². The van der Waals surface area contributed by atoms with Crippen LogP contribution in [-0.4, -0.2) is 76.3 Å². The highest BCUT2D eigenvalue weighted by Gasteiger charge is 2.30. The Morgan fingerprint density at radius 1 is 1.36 bits per heavy atom. The summed E-state index contributed by atoms with van der Waals surface area (Å²) in [5.41, 5.74) is 7.99. The molecule has 0 bridgehead atoms. The monoisotopic (exact) mass is 453 g/mol. The van der Waals surface area contributed by atoms with Crippen molar-refractivity contribution in [1.82, 2.24) is 29.5 Å². The second-order valence-electron chi connectivity index (χ2n) is 8.44. The minimum atomic E-state index is -0.433. The third-order valence-corrected chi connectivity index (χ3v) is 5.81. The number of nitrogen functional groups attached to an aromatic ring is 1. The lowest BCUT2D eigenvalue weighted by molar-refractivity contribution is -0.125. The molecule has 0 aliphatic carbocycles. The van der Waals surface area contributed by atoms with Crippen molar-refractivity contribution in [3.8, 4) is 17.0 Å². The van der Waals surface area contributed by atoms with Crippen LogP contribution in [0.15, 0.2) is 30.6 Å². The molecule has 1 aliphatic heterocycles. The van der Waals surface area contributed by atoms with Crippen LogP contribution in [0, 0.1) is 12.7 Å². The normalized spacial score (nSPS) is 16.4. The highest BCUT2D eigenvalue weighted by molar-refractivity contribution is 5.98. The van der Waals surface area contributed by atoms with Crippen LogP contribution in [0.1, 0.15) is 18.0 Å². The number of hydrogen-bond acceptors (Lipinski definition) is 7. The van der Waals surface area contributed by atoms with Crippen LogP contribution < -0.4 is 10.5 Å². The number of nitrogens with two attached hydrogens (primary N) is 1. The molecular formula is C23H28FN7O2. The first-order valence-electron chi connectivity index (χ1n) is 10.7. The van der Waals surface area contributed by atoms with Crippen molar-refractivity contribution < 1.29 is 13.9 Å². The summed E-state index contributed by atoms with van der Waals surface area (Å²) in [5.74, 6) is 0.293. The Hall–Kier alpha value is -3.53. The van der Waals surface area contributed by atoms with Crippen LogP contribution in [0.25, 0.3) is 22.3 Å². The minimum absolute atomic E-state index is 0.0421. The number of methoxy groups -OCH3 is 1. The number of anilines is 1. The summed E-state index contributed by atoms with van der Waals surface area (Å²) in [6.45, 7) is 3.54. The predicted octanol–water partition coefficient (Wildman–Crippen LogP) is 2.42. The maximum atomic E-state index is 15.0. The SMILES string of the molecule is COc1cc(-c2nn(C3CCN(C(=O)C=CCN(C)C)C3)c3ncnc(N)c23)c(F)cc1C. The fraction of sp³-hybridized carbons (Fsp3) is 0.391.